The quantitative estimate of drug-likeness (QED) is 0.569. The molecule has 6 rings (SSSR count). The molecule has 9 heteroatoms. The molecule has 1 saturated heterocycles. The van der Waals surface area contributed by atoms with E-state index in [1.807, 2.05) is 31.2 Å². The van der Waals surface area contributed by atoms with E-state index >= 15 is 0 Å². The SMILES string of the molecule is COC(=O)N1CCC2CC2(c2ccc3cnc(CNC(=O)c4ccc5c(c4)C(C)(C#N)COC5)cc3n2)C1. The van der Waals surface area contributed by atoms with Crippen LogP contribution in [-0.4, -0.2) is 53.7 Å². The van der Waals surface area contributed by atoms with E-state index < -0.39 is 5.41 Å². The average Bonchev–Trinajstić information content (AvgIpc) is 3.70. The molecule has 3 aliphatic rings. The van der Waals surface area contributed by atoms with Crippen molar-refractivity contribution in [2.75, 3.05) is 26.8 Å². The number of aromatic nitrogens is 2. The molecule has 2 amide bonds. The maximum Gasteiger partial charge on any atom is 0.409 e. The number of nitrogens with zero attached hydrogens (tertiary/aromatic N) is 4. The summed E-state index contributed by atoms with van der Waals surface area (Å²) < 4.78 is 10.5. The van der Waals surface area contributed by atoms with E-state index in [2.05, 4.69) is 16.4 Å². The Morgan fingerprint density at radius 1 is 1.29 bits per heavy atom. The number of benzene rings is 1. The lowest BCUT2D eigenvalue weighted by atomic mass is 9.79. The second-order valence-electron chi connectivity index (χ2n) is 10.8. The first-order valence-electron chi connectivity index (χ1n) is 12.8. The summed E-state index contributed by atoms with van der Waals surface area (Å²) in [4.78, 5) is 36.4. The monoisotopic (exact) mass is 511 g/mol. The van der Waals surface area contributed by atoms with Gasteiger partial charge in [0, 0.05) is 41.3 Å². The maximum atomic E-state index is 13.0. The van der Waals surface area contributed by atoms with Crippen LogP contribution in [-0.2, 0) is 33.5 Å². The van der Waals surface area contributed by atoms with Gasteiger partial charge in [-0.2, -0.15) is 5.26 Å². The number of methoxy groups -OCH3 is 1. The van der Waals surface area contributed by atoms with Crippen molar-refractivity contribution in [2.24, 2.45) is 5.92 Å². The molecule has 2 aliphatic heterocycles. The lowest BCUT2D eigenvalue weighted by Gasteiger charge is -2.31. The van der Waals surface area contributed by atoms with E-state index in [4.69, 9.17) is 14.5 Å². The molecule has 9 nitrogen and oxygen atoms in total. The molecular formula is C29H29N5O4. The van der Waals surface area contributed by atoms with Gasteiger partial charge in [0.15, 0.2) is 0 Å². The topological polar surface area (TPSA) is 117 Å². The summed E-state index contributed by atoms with van der Waals surface area (Å²) in [6, 6.07) is 13.7. The molecule has 3 unspecified atom stereocenters. The van der Waals surface area contributed by atoms with Crippen molar-refractivity contribution in [3.63, 3.8) is 0 Å². The number of pyridine rings is 2. The minimum absolute atomic E-state index is 0.117. The number of amides is 2. The number of likely N-dealkylation sites (tertiary alicyclic amines) is 1. The highest BCUT2D eigenvalue weighted by molar-refractivity contribution is 5.94. The molecule has 2 fully saturated rings. The maximum absolute atomic E-state index is 13.0. The summed E-state index contributed by atoms with van der Waals surface area (Å²) in [7, 11) is 1.42. The minimum atomic E-state index is -0.778. The molecule has 1 aromatic carbocycles. The number of hydrogen-bond donors (Lipinski definition) is 1. The number of nitriles is 1. The Bertz CT molecular complexity index is 1500. The van der Waals surface area contributed by atoms with Gasteiger partial charge < -0.3 is 19.7 Å². The average molecular weight is 512 g/mol. The number of hydrogen-bond acceptors (Lipinski definition) is 7. The van der Waals surface area contributed by atoms with Crippen LogP contribution in [0.3, 0.4) is 0 Å². The van der Waals surface area contributed by atoms with Gasteiger partial charge in [0.1, 0.15) is 5.41 Å². The summed E-state index contributed by atoms with van der Waals surface area (Å²) in [5.74, 6) is 0.299. The van der Waals surface area contributed by atoms with E-state index in [0.29, 0.717) is 43.5 Å². The Hall–Kier alpha value is -4.03. The van der Waals surface area contributed by atoms with Crippen LogP contribution in [0, 0.1) is 17.2 Å². The lowest BCUT2D eigenvalue weighted by molar-refractivity contribution is 0.0757. The highest BCUT2D eigenvalue weighted by Crippen LogP contribution is 2.58. The predicted octanol–water partition coefficient (Wildman–Crippen LogP) is 3.60. The number of carbonyl (C=O) groups excluding carboxylic acids is 2. The molecule has 2 aromatic heterocycles. The van der Waals surface area contributed by atoms with Gasteiger partial charge in [0.05, 0.1) is 44.1 Å². The van der Waals surface area contributed by atoms with Gasteiger partial charge >= 0.3 is 6.09 Å². The Morgan fingerprint density at radius 2 is 2.16 bits per heavy atom. The summed E-state index contributed by atoms with van der Waals surface area (Å²) in [6.07, 6.45) is 3.45. The molecule has 1 N–H and O–H groups in total. The molecule has 0 bridgehead atoms. The van der Waals surface area contributed by atoms with Crippen molar-refractivity contribution in [1.82, 2.24) is 20.2 Å². The smallest absolute Gasteiger partial charge is 0.409 e. The fourth-order valence-electron chi connectivity index (χ4n) is 5.96. The normalized spacial score (nSPS) is 25.6. The number of nitrogens with one attached hydrogen (secondary N) is 1. The highest BCUT2D eigenvalue weighted by atomic mass is 16.5. The van der Waals surface area contributed by atoms with E-state index in [-0.39, 0.29) is 24.0 Å². The van der Waals surface area contributed by atoms with Crippen LogP contribution < -0.4 is 5.32 Å². The summed E-state index contributed by atoms with van der Waals surface area (Å²) in [5.41, 5.74) is 3.88. The Labute approximate surface area is 220 Å². The van der Waals surface area contributed by atoms with Crippen LogP contribution >= 0.6 is 0 Å². The van der Waals surface area contributed by atoms with E-state index in [1.165, 1.54) is 7.11 Å². The first kappa shape index (κ1) is 24.3. The zero-order valence-corrected chi connectivity index (χ0v) is 21.5. The van der Waals surface area contributed by atoms with Crippen LogP contribution in [0.4, 0.5) is 4.79 Å². The van der Waals surface area contributed by atoms with Gasteiger partial charge in [-0.05, 0) is 67.1 Å². The fourth-order valence-corrected chi connectivity index (χ4v) is 5.96. The van der Waals surface area contributed by atoms with Crippen molar-refractivity contribution in [1.29, 1.82) is 5.26 Å². The van der Waals surface area contributed by atoms with Crippen LogP contribution in [0.5, 0.6) is 0 Å². The Morgan fingerprint density at radius 3 is 2.97 bits per heavy atom. The molecule has 3 atom stereocenters. The number of ether oxygens (including phenoxy) is 2. The molecular weight excluding hydrogens is 482 g/mol. The molecule has 38 heavy (non-hydrogen) atoms. The van der Waals surface area contributed by atoms with E-state index in [1.54, 1.807) is 23.2 Å². The second kappa shape index (κ2) is 9.07. The van der Waals surface area contributed by atoms with Crippen molar-refractivity contribution in [3.05, 3.63) is 70.7 Å². The number of piperidine rings is 1. The fraction of sp³-hybridized carbons (Fsp3) is 0.414. The van der Waals surface area contributed by atoms with E-state index in [9.17, 15) is 14.9 Å². The van der Waals surface area contributed by atoms with Crippen LogP contribution in [0.1, 0.15) is 52.6 Å². The summed E-state index contributed by atoms with van der Waals surface area (Å²) in [6.45, 7) is 4.16. The van der Waals surface area contributed by atoms with Gasteiger partial charge in [0.25, 0.3) is 5.91 Å². The Kier molecular flexibility index (Phi) is 5.80. The molecule has 194 valence electrons. The molecule has 0 radical (unpaired) electrons. The molecule has 0 spiro atoms. The largest absolute Gasteiger partial charge is 0.453 e. The molecule has 1 saturated carbocycles. The summed E-state index contributed by atoms with van der Waals surface area (Å²) >= 11 is 0. The number of carbonyl (C=O) groups is 2. The van der Waals surface area contributed by atoms with Crippen molar-refractivity contribution < 1.29 is 19.1 Å². The van der Waals surface area contributed by atoms with Crippen molar-refractivity contribution in [3.8, 4) is 6.07 Å². The zero-order chi connectivity index (χ0) is 26.5. The van der Waals surface area contributed by atoms with E-state index in [0.717, 1.165) is 40.6 Å². The second-order valence-corrected chi connectivity index (χ2v) is 10.8. The predicted molar refractivity (Wildman–Crippen MR) is 138 cm³/mol. The molecule has 4 heterocycles. The van der Waals surface area contributed by atoms with Crippen molar-refractivity contribution in [2.45, 2.75) is 43.7 Å². The van der Waals surface area contributed by atoms with Crippen LogP contribution in [0.15, 0.2) is 42.6 Å². The minimum Gasteiger partial charge on any atom is -0.453 e. The van der Waals surface area contributed by atoms with Gasteiger partial charge in [-0.15, -0.1) is 0 Å². The van der Waals surface area contributed by atoms with Gasteiger partial charge in [0.2, 0.25) is 0 Å². The first-order valence-corrected chi connectivity index (χ1v) is 12.8. The Balaban J connectivity index is 1.19. The summed E-state index contributed by atoms with van der Waals surface area (Å²) in [5, 5.41) is 13.5. The number of fused-ring (bicyclic) bond motifs is 3. The first-order chi connectivity index (χ1) is 18.3. The highest BCUT2D eigenvalue weighted by Gasteiger charge is 2.59. The zero-order valence-electron chi connectivity index (χ0n) is 21.5. The molecule has 3 aromatic rings. The van der Waals surface area contributed by atoms with Gasteiger partial charge in [-0.3, -0.25) is 14.8 Å². The van der Waals surface area contributed by atoms with Crippen molar-refractivity contribution >= 4 is 22.9 Å². The standard InChI is InChI=1S/C29H29N5O4/c1-28(15-30)17-38-14-20-4-3-18(9-23(20)28)26(35)32-13-22-10-24-19(12-31-22)5-6-25(33-24)29-11-21(29)7-8-34(16-29)27(36)37-2/h3-6,9-10,12,21H,7-8,11,13-14,16-17H2,1-2H3,(H,32,35). The third kappa shape index (κ3) is 4.05. The molecule has 1 aliphatic carbocycles. The van der Waals surface area contributed by atoms with Gasteiger partial charge in [-0.25, -0.2) is 4.79 Å². The lowest BCUT2D eigenvalue weighted by Crippen LogP contribution is -2.42. The third-order valence-electron chi connectivity index (χ3n) is 8.32. The van der Waals surface area contributed by atoms with Crippen LogP contribution in [0.2, 0.25) is 0 Å². The van der Waals surface area contributed by atoms with Gasteiger partial charge in [-0.1, -0.05) is 6.07 Å². The van der Waals surface area contributed by atoms with Crippen LogP contribution in [0.25, 0.3) is 10.9 Å². The third-order valence-corrected chi connectivity index (χ3v) is 8.32. The number of rotatable bonds is 4.